The molecular weight excluding hydrogens is 341 g/mol. The van der Waals surface area contributed by atoms with Gasteiger partial charge in [-0.05, 0) is 38.6 Å². The van der Waals surface area contributed by atoms with Crippen LogP contribution in [0, 0.1) is 0 Å². The molecule has 0 atom stereocenters. The van der Waals surface area contributed by atoms with Gasteiger partial charge in [0, 0.05) is 30.6 Å². The predicted molar refractivity (Wildman–Crippen MR) is 109 cm³/mol. The van der Waals surface area contributed by atoms with Crippen LogP contribution in [0.25, 0.3) is 16.8 Å². The van der Waals surface area contributed by atoms with Gasteiger partial charge in [0.15, 0.2) is 0 Å². The summed E-state index contributed by atoms with van der Waals surface area (Å²) in [6.07, 6.45) is 3.70. The molecule has 0 saturated carbocycles. The van der Waals surface area contributed by atoms with Crippen molar-refractivity contribution in [1.82, 2.24) is 10.3 Å². The van der Waals surface area contributed by atoms with Gasteiger partial charge in [0.1, 0.15) is 5.82 Å². The molecular formula is C20H26BN3O3. The molecule has 3 N–H and O–H groups in total. The minimum absolute atomic E-state index is 0.113. The molecule has 2 aromatic rings. The summed E-state index contributed by atoms with van der Waals surface area (Å²) in [7, 11) is -0.557. The maximum absolute atomic E-state index is 11.5. The van der Waals surface area contributed by atoms with Crippen LogP contribution in [0.15, 0.2) is 35.9 Å². The molecule has 1 aliphatic heterocycles. The normalized spacial score (nSPS) is 18.7. The van der Waals surface area contributed by atoms with Crippen LogP contribution >= 0.6 is 0 Å². The van der Waals surface area contributed by atoms with E-state index in [1.54, 1.807) is 6.20 Å². The summed E-state index contributed by atoms with van der Waals surface area (Å²) < 4.78 is 12.4. The Labute approximate surface area is 160 Å². The third-order valence-electron chi connectivity index (χ3n) is 5.30. The fourth-order valence-electron chi connectivity index (χ4n) is 2.97. The second-order valence-corrected chi connectivity index (χ2v) is 7.86. The zero-order valence-corrected chi connectivity index (χ0v) is 16.5. The summed E-state index contributed by atoms with van der Waals surface area (Å²) >= 11 is 0. The van der Waals surface area contributed by atoms with Gasteiger partial charge in [-0.3, -0.25) is 4.79 Å². The molecule has 1 fully saturated rings. The van der Waals surface area contributed by atoms with E-state index in [1.165, 1.54) is 6.92 Å². The number of carbonyl (C=O) groups excluding carboxylic acids is 1. The van der Waals surface area contributed by atoms with Gasteiger partial charge in [0.2, 0.25) is 5.91 Å². The summed E-state index contributed by atoms with van der Waals surface area (Å²) in [5, 5.41) is 4.72. The number of rotatable bonds is 4. The van der Waals surface area contributed by atoms with Gasteiger partial charge >= 0.3 is 7.12 Å². The van der Waals surface area contributed by atoms with Crippen molar-refractivity contribution in [1.29, 1.82) is 0 Å². The van der Waals surface area contributed by atoms with Crippen molar-refractivity contribution in [2.45, 2.75) is 45.8 Å². The second kappa shape index (κ2) is 6.98. The highest BCUT2D eigenvalue weighted by Crippen LogP contribution is 2.39. The number of fused-ring (bicyclic) bond motifs is 1. The van der Waals surface area contributed by atoms with Crippen molar-refractivity contribution in [3.05, 3.63) is 41.5 Å². The first-order chi connectivity index (χ1) is 12.6. The SMILES string of the molecule is CC(=O)NCC(=Cc1cnc(N)c2ccccc12)B1OC(C)(C)C(C)(C)O1. The minimum Gasteiger partial charge on any atom is -0.400 e. The monoisotopic (exact) mass is 367 g/mol. The number of hydrogen-bond acceptors (Lipinski definition) is 5. The highest BCUT2D eigenvalue weighted by atomic mass is 16.7. The van der Waals surface area contributed by atoms with E-state index in [4.69, 9.17) is 15.0 Å². The smallest absolute Gasteiger partial charge is 0.400 e. The van der Waals surface area contributed by atoms with Crippen LogP contribution in [-0.4, -0.2) is 35.8 Å². The molecule has 1 aromatic carbocycles. The fourth-order valence-corrected chi connectivity index (χ4v) is 2.97. The number of anilines is 1. The number of benzene rings is 1. The van der Waals surface area contributed by atoms with Crippen molar-refractivity contribution >= 4 is 35.7 Å². The van der Waals surface area contributed by atoms with E-state index >= 15 is 0 Å². The van der Waals surface area contributed by atoms with Crippen LogP contribution in [0.2, 0.25) is 0 Å². The number of amides is 1. The molecule has 0 unspecified atom stereocenters. The minimum atomic E-state index is -0.557. The van der Waals surface area contributed by atoms with E-state index in [0.717, 1.165) is 21.8 Å². The predicted octanol–water partition coefficient (Wildman–Crippen LogP) is 2.97. The lowest BCUT2D eigenvalue weighted by molar-refractivity contribution is -0.118. The van der Waals surface area contributed by atoms with Crippen LogP contribution in [-0.2, 0) is 14.1 Å². The molecule has 1 saturated heterocycles. The number of aromatic nitrogens is 1. The Morgan fingerprint density at radius 2 is 1.78 bits per heavy atom. The Morgan fingerprint density at radius 3 is 2.37 bits per heavy atom. The average molecular weight is 367 g/mol. The summed E-state index contributed by atoms with van der Waals surface area (Å²) in [5.74, 6) is 0.375. The van der Waals surface area contributed by atoms with E-state index in [0.29, 0.717) is 12.4 Å². The van der Waals surface area contributed by atoms with Gasteiger partial charge in [-0.1, -0.05) is 30.3 Å². The van der Waals surface area contributed by atoms with E-state index in [2.05, 4.69) is 10.3 Å². The quantitative estimate of drug-likeness (QED) is 0.812. The highest BCUT2D eigenvalue weighted by Gasteiger charge is 2.52. The molecule has 1 amide bonds. The lowest BCUT2D eigenvalue weighted by atomic mass is 9.76. The van der Waals surface area contributed by atoms with Crippen LogP contribution in [0.5, 0.6) is 0 Å². The zero-order chi connectivity index (χ0) is 19.8. The van der Waals surface area contributed by atoms with E-state index in [9.17, 15) is 4.79 Å². The highest BCUT2D eigenvalue weighted by molar-refractivity contribution is 6.56. The number of nitrogens with one attached hydrogen (secondary N) is 1. The number of carbonyl (C=O) groups is 1. The maximum Gasteiger partial charge on any atom is 0.492 e. The van der Waals surface area contributed by atoms with Gasteiger partial charge in [0.05, 0.1) is 11.2 Å². The lowest BCUT2D eigenvalue weighted by Crippen LogP contribution is -2.41. The molecule has 1 aromatic heterocycles. The van der Waals surface area contributed by atoms with Crippen molar-refractivity contribution in [2.24, 2.45) is 0 Å². The Kier molecular flexibility index (Phi) is 5.01. The first-order valence-corrected chi connectivity index (χ1v) is 9.04. The summed E-state index contributed by atoms with van der Waals surface area (Å²) in [6, 6.07) is 7.83. The number of pyridine rings is 1. The molecule has 2 heterocycles. The molecule has 1 aliphatic rings. The summed E-state index contributed by atoms with van der Waals surface area (Å²) in [5.41, 5.74) is 6.80. The van der Waals surface area contributed by atoms with E-state index in [1.807, 2.05) is 58.0 Å². The third kappa shape index (κ3) is 3.84. The molecule has 0 radical (unpaired) electrons. The second-order valence-electron chi connectivity index (χ2n) is 7.86. The van der Waals surface area contributed by atoms with Crippen LogP contribution in [0.1, 0.15) is 40.2 Å². The molecule has 142 valence electrons. The largest absolute Gasteiger partial charge is 0.492 e. The van der Waals surface area contributed by atoms with Gasteiger partial charge in [-0.15, -0.1) is 0 Å². The van der Waals surface area contributed by atoms with Crippen molar-refractivity contribution < 1.29 is 14.1 Å². The number of hydrogen-bond donors (Lipinski definition) is 2. The Hall–Kier alpha value is -2.38. The Balaban J connectivity index is 2.04. The van der Waals surface area contributed by atoms with Crippen molar-refractivity contribution in [2.75, 3.05) is 12.3 Å². The van der Waals surface area contributed by atoms with Crippen LogP contribution < -0.4 is 11.1 Å². The third-order valence-corrected chi connectivity index (χ3v) is 5.30. The van der Waals surface area contributed by atoms with Gasteiger partial charge in [-0.2, -0.15) is 0 Å². The van der Waals surface area contributed by atoms with Crippen LogP contribution in [0.4, 0.5) is 5.82 Å². The van der Waals surface area contributed by atoms with Crippen molar-refractivity contribution in [3.63, 3.8) is 0 Å². The maximum atomic E-state index is 11.5. The number of nitrogens with two attached hydrogens (primary N) is 1. The Morgan fingerprint density at radius 1 is 1.19 bits per heavy atom. The lowest BCUT2D eigenvalue weighted by Gasteiger charge is -2.32. The summed E-state index contributed by atoms with van der Waals surface area (Å²) in [6.45, 7) is 9.83. The molecule has 3 rings (SSSR count). The standard InChI is InChI=1S/C20H26BN3O3/c1-13(25)23-12-15(21-26-19(2,3)20(4,5)27-21)10-14-11-24-18(22)17-9-7-6-8-16(14)17/h6-11H,12H2,1-5H3,(H2,22,24)(H,23,25). The zero-order valence-electron chi connectivity index (χ0n) is 16.5. The van der Waals surface area contributed by atoms with Gasteiger partial charge < -0.3 is 20.4 Å². The van der Waals surface area contributed by atoms with E-state index < -0.39 is 18.3 Å². The topological polar surface area (TPSA) is 86.5 Å². The molecule has 0 bridgehead atoms. The molecule has 7 heteroatoms. The van der Waals surface area contributed by atoms with Gasteiger partial charge in [-0.25, -0.2) is 4.98 Å². The van der Waals surface area contributed by atoms with E-state index in [-0.39, 0.29) is 5.91 Å². The summed E-state index contributed by atoms with van der Waals surface area (Å²) in [4.78, 5) is 15.8. The fraction of sp³-hybridized carbons (Fsp3) is 0.400. The number of nitrogens with zero attached hydrogens (tertiary/aromatic N) is 1. The molecule has 6 nitrogen and oxygen atoms in total. The average Bonchev–Trinajstić information content (AvgIpc) is 2.81. The van der Waals surface area contributed by atoms with Gasteiger partial charge in [0.25, 0.3) is 0 Å². The molecule has 0 aliphatic carbocycles. The first kappa shape index (κ1) is 19.4. The Bertz CT molecular complexity index is 892. The first-order valence-electron chi connectivity index (χ1n) is 9.04. The number of nitrogen functional groups attached to an aromatic ring is 1. The van der Waals surface area contributed by atoms with Crippen LogP contribution in [0.3, 0.4) is 0 Å². The molecule has 0 spiro atoms. The van der Waals surface area contributed by atoms with Crippen molar-refractivity contribution in [3.8, 4) is 0 Å². The molecule has 27 heavy (non-hydrogen) atoms.